The Balaban J connectivity index is 1.86. The van der Waals surface area contributed by atoms with E-state index in [9.17, 15) is 0 Å². The first-order valence-corrected chi connectivity index (χ1v) is 7.29. The van der Waals surface area contributed by atoms with Crippen LogP contribution in [0.3, 0.4) is 0 Å². The second-order valence-electron chi connectivity index (χ2n) is 5.35. The van der Waals surface area contributed by atoms with Crippen LogP contribution in [0, 0.1) is 0 Å². The van der Waals surface area contributed by atoms with Crippen LogP contribution in [-0.2, 0) is 18.4 Å². The van der Waals surface area contributed by atoms with Crippen LogP contribution in [0.1, 0.15) is 55.1 Å². The summed E-state index contributed by atoms with van der Waals surface area (Å²) >= 11 is 1.95. The molecule has 1 fully saturated rings. The highest BCUT2D eigenvalue weighted by Gasteiger charge is 2.35. The molecule has 0 amide bonds. The summed E-state index contributed by atoms with van der Waals surface area (Å²) in [5, 5.41) is 5.10. The van der Waals surface area contributed by atoms with E-state index in [-0.39, 0.29) is 5.54 Å². The lowest BCUT2D eigenvalue weighted by Gasteiger charge is -2.27. The molecule has 3 heteroatoms. The molecule has 1 atom stereocenters. The Kier molecular flexibility index (Phi) is 2.55. The average Bonchev–Trinajstić information content (AvgIpc) is 2.79. The van der Waals surface area contributed by atoms with Crippen molar-refractivity contribution in [3.05, 3.63) is 15.6 Å². The van der Waals surface area contributed by atoms with Gasteiger partial charge >= 0.3 is 0 Å². The monoisotopic (exact) mass is 236 g/mol. The van der Waals surface area contributed by atoms with Crippen LogP contribution in [0.15, 0.2) is 0 Å². The van der Waals surface area contributed by atoms with E-state index >= 15 is 0 Å². The largest absolute Gasteiger partial charge is 0.303 e. The molecule has 0 radical (unpaired) electrons. The van der Waals surface area contributed by atoms with Crippen molar-refractivity contribution in [2.75, 3.05) is 0 Å². The summed E-state index contributed by atoms with van der Waals surface area (Å²) in [6.45, 7) is 4.58. The van der Waals surface area contributed by atoms with Gasteiger partial charge in [0.1, 0.15) is 5.01 Å². The highest BCUT2D eigenvalue weighted by molar-refractivity contribution is 7.12. The molecule has 1 N–H and O–H groups in total. The predicted molar refractivity (Wildman–Crippen MR) is 67.9 cm³/mol. The molecule has 0 spiro atoms. The van der Waals surface area contributed by atoms with Gasteiger partial charge in [-0.2, -0.15) is 0 Å². The fraction of sp³-hybridized carbons (Fsp3) is 0.769. The lowest BCUT2D eigenvalue weighted by atomic mass is 10.00. The van der Waals surface area contributed by atoms with Gasteiger partial charge in [0.25, 0.3) is 0 Å². The van der Waals surface area contributed by atoms with E-state index in [2.05, 4.69) is 19.2 Å². The first-order chi connectivity index (χ1) is 7.71. The van der Waals surface area contributed by atoms with E-state index in [1.165, 1.54) is 42.8 Å². The normalized spacial score (nSPS) is 23.1. The SMILES string of the molecule is CCC(C)(NC1CC1)c1nc2c(s1)CCC2. The minimum Gasteiger partial charge on any atom is -0.303 e. The fourth-order valence-corrected chi connectivity index (χ4v) is 3.75. The second kappa shape index (κ2) is 3.81. The predicted octanol–water partition coefficient (Wildman–Crippen LogP) is 3.01. The quantitative estimate of drug-likeness (QED) is 0.869. The maximum absolute atomic E-state index is 4.87. The number of nitrogens with zero attached hydrogens (tertiary/aromatic N) is 1. The van der Waals surface area contributed by atoms with Crippen LogP contribution in [0.4, 0.5) is 0 Å². The van der Waals surface area contributed by atoms with Crippen molar-refractivity contribution in [1.29, 1.82) is 0 Å². The van der Waals surface area contributed by atoms with Gasteiger partial charge in [0.15, 0.2) is 0 Å². The van der Waals surface area contributed by atoms with E-state index in [0.29, 0.717) is 0 Å². The lowest BCUT2D eigenvalue weighted by molar-refractivity contribution is 0.348. The molecule has 0 aromatic carbocycles. The topological polar surface area (TPSA) is 24.9 Å². The Hall–Kier alpha value is -0.410. The number of nitrogens with one attached hydrogen (secondary N) is 1. The van der Waals surface area contributed by atoms with Crippen LogP contribution in [-0.4, -0.2) is 11.0 Å². The van der Waals surface area contributed by atoms with Crippen LogP contribution in [0.5, 0.6) is 0 Å². The van der Waals surface area contributed by atoms with Crippen molar-refractivity contribution in [1.82, 2.24) is 10.3 Å². The van der Waals surface area contributed by atoms with E-state index in [0.717, 1.165) is 12.5 Å². The van der Waals surface area contributed by atoms with Gasteiger partial charge in [-0.3, -0.25) is 0 Å². The molecule has 0 bridgehead atoms. The summed E-state index contributed by atoms with van der Waals surface area (Å²) in [5.41, 5.74) is 1.51. The number of thiazole rings is 1. The fourth-order valence-electron chi connectivity index (χ4n) is 2.42. The van der Waals surface area contributed by atoms with E-state index in [1.54, 1.807) is 4.88 Å². The van der Waals surface area contributed by atoms with Crippen molar-refractivity contribution >= 4 is 11.3 Å². The van der Waals surface area contributed by atoms with Gasteiger partial charge in [0, 0.05) is 10.9 Å². The molecule has 1 aromatic rings. The van der Waals surface area contributed by atoms with Crippen LogP contribution >= 0.6 is 11.3 Å². The first kappa shape index (κ1) is 10.7. The highest BCUT2D eigenvalue weighted by Crippen LogP contribution is 2.36. The summed E-state index contributed by atoms with van der Waals surface area (Å²) < 4.78 is 0. The average molecular weight is 236 g/mol. The lowest BCUT2D eigenvalue weighted by Crippen LogP contribution is -2.40. The van der Waals surface area contributed by atoms with Crippen molar-refractivity contribution < 1.29 is 0 Å². The Bertz CT molecular complexity index is 373. The van der Waals surface area contributed by atoms with Gasteiger partial charge in [0.05, 0.1) is 11.2 Å². The third-order valence-electron chi connectivity index (χ3n) is 3.87. The molecule has 1 aromatic heterocycles. The maximum Gasteiger partial charge on any atom is 0.113 e. The third-order valence-corrected chi connectivity index (χ3v) is 5.30. The summed E-state index contributed by atoms with van der Waals surface area (Å²) in [6.07, 6.45) is 7.61. The van der Waals surface area contributed by atoms with Crippen LogP contribution < -0.4 is 5.32 Å². The van der Waals surface area contributed by atoms with Crippen molar-refractivity contribution in [2.45, 2.75) is 64.0 Å². The molecule has 16 heavy (non-hydrogen) atoms. The number of aryl methyl sites for hydroxylation is 2. The van der Waals surface area contributed by atoms with Gasteiger partial charge in [-0.25, -0.2) is 4.98 Å². The summed E-state index contributed by atoms with van der Waals surface area (Å²) in [6, 6.07) is 0.753. The molecule has 2 nitrogen and oxygen atoms in total. The molecule has 0 saturated heterocycles. The van der Waals surface area contributed by atoms with E-state index in [4.69, 9.17) is 4.98 Å². The number of rotatable bonds is 4. The van der Waals surface area contributed by atoms with Gasteiger partial charge in [-0.1, -0.05) is 6.92 Å². The summed E-state index contributed by atoms with van der Waals surface area (Å²) in [5.74, 6) is 0. The maximum atomic E-state index is 4.87. The molecule has 0 aliphatic heterocycles. The van der Waals surface area contributed by atoms with Crippen LogP contribution in [0.2, 0.25) is 0 Å². The molecule has 2 aliphatic rings. The molecule has 3 rings (SSSR count). The summed E-state index contributed by atoms with van der Waals surface area (Å²) in [4.78, 5) is 6.42. The Morgan fingerprint density at radius 3 is 2.88 bits per heavy atom. The van der Waals surface area contributed by atoms with Gasteiger partial charge < -0.3 is 5.32 Å². The smallest absolute Gasteiger partial charge is 0.113 e. The zero-order valence-electron chi connectivity index (χ0n) is 10.2. The Labute approximate surface area is 101 Å². The standard InChI is InChI=1S/C13H20N2S/c1-3-13(2,15-9-7-8-9)12-14-10-5-4-6-11(10)16-12/h9,15H,3-8H2,1-2H3. The Morgan fingerprint density at radius 2 is 2.25 bits per heavy atom. The van der Waals surface area contributed by atoms with Gasteiger partial charge in [-0.05, 0) is 45.4 Å². The first-order valence-electron chi connectivity index (χ1n) is 6.48. The molecule has 1 heterocycles. The molecular formula is C13H20N2S. The van der Waals surface area contributed by atoms with E-state index in [1.807, 2.05) is 11.3 Å². The third kappa shape index (κ3) is 1.80. The van der Waals surface area contributed by atoms with Crippen LogP contribution in [0.25, 0.3) is 0 Å². The molecule has 2 aliphatic carbocycles. The second-order valence-corrected chi connectivity index (χ2v) is 6.43. The minimum absolute atomic E-state index is 0.121. The molecular weight excluding hydrogens is 216 g/mol. The number of hydrogen-bond donors (Lipinski definition) is 1. The Morgan fingerprint density at radius 1 is 1.44 bits per heavy atom. The van der Waals surface area contributed by atoms with E-state index < -0.39 is 0 Å². The zero-order valence-corrected chi connectivity index (χ0v) is 11.0. The zero-order chi connectivity index (χ0) is 11.2. The van der Waals surface area contributed by atoms with Crippen molar-refractivity contribution in [3.63, 3.8) is 0 Å². The van der Waals surface area contributed by atoms with Gasteiger partial charge in [0.2, 0.25) is 0 Å². The van der Waals surface area contributed by atoms with Gasteiger partial charge in [-0.15, -0.1) is 11.3 Å². The molecule has 1 unspecified atom stereocenters. The number of fused-ring (bicyclic) bond motifs is 1. The molecule has 1 saturated carbocycles. The summed E-state index contributed by atoms with van der Waals surface area (Å²) in [7, 11) is 0. The molecule has 88 valence electrons. The highest BCUT2D eigenvalue weighted by atomic mass is 32.1. The van der Waals surface area contributed by atoms with Crippen molar-refractivity contribution in [3.8, 4) is 0 Å². The minimum atomic E-state index is 0.121. The van der Waals surface area contributed by atoms with Crippen molar-refractivity contribution in [2.24, 2.45) is 0 Å². The number of hydrogen-bond acceptors (Lipinski definition) is 3. The number of aromatic nitrogens is 1.